The number of halogens is 1. The van der Waals surface area contributed by atoms with E-state index in [0.29, 0.717) is 19.1 Å². The number of nitrogens with one attached hydrogen (secondary N) is 1. The van der Waals surface area contributed by atoms with Crippen LogP contribution >= 0.6 is 0 Å². The van der Waals surface area contributed by atoms with Gasteiger partial charge in [0.1, 0.15) is 12.1 Å². The summed E-state index contributed by atoms with van der Waals surface area (Å²) in [6.07, 6.45) is 2.74. The first-order valence-electron chi connectivity index (χ1n) is 6.79. The third kappa shape index (κ3) is 4.06. The topological polar surface area (TPSA) is 41.3 Å². The van der Waals surface area contributed by atoms with E-state index in [1.54, 1.807) is 12.3 Å². The van der Waals surface area contributed by atoms with E-state index in [1.807, 2.05) is 18.0 Å². The lowest BCUT2D eigenvalue weighted by Gasteiger charge is -2.14. The highest BCUT2D eigenvalue weighted by atomic mass is 19.1. The van der Waals surface area contributed by atoms with Gasteiger partial charge >= 0.3 is 0 Å². The van der Waals surface area contributed by atoms with Crippen LogP contribution in [0.1, 0.15) is 24.6 Å². The van der Waals surface area contributed by atoms with Crippen molar-refractivity contribution >= 4 is 6.01 Å². The molecule has 0 bridgehead atoms. The summed E-state index contributed by atoms with van der Waals surface area (Å²) in [6, 6.07) is 7.08. The van der Waals surface area contributed by atoms with Crippen LogP contribution in [0, 0.1) is 5.82 Å². The van der Waals surface area contributed by atoms with Crippen LogP contribution < -0.4 is 10.2 Å². The zero-order valence-corrected chi connectivity index (χ0v) is 11.9. The highest BCUT2D eigenvalue weighted by Crippen LogP contribution is 2.15. The van der Waals surface area contributed by atoms with E-state index in [4.69, 9.17) is 4.42 Å². The van der Waals surface area contributed by atoms with Gasteiger partial charge in [0.05, 0.1) is 5.69 Å². The molecule has 20 heavy (non-hydrogen) atoms. The number of nitrogens with zero attached hydrogens (tertiary/aromatic N) is 2. The minimum absolute atomic E-state index is 0.229. The number of rotatable bonds is 7. The molecule has 0 aliphatic rings. The van der Waals surface area contributed by atoms with Gasteiger partial charge in [-0.2, -0.15) is 4.98 Å². The molecule has 0 aliphatic carbocycles. The molecular weight excluding hydrogens is 257 g/mol. The normalized spacial score (nSPS) is 10.8. The summed E-state index contributed by atoms with van der Waals surface area (Å²) in [5, 5.41) is 3.27. The van der Waals surface area contributed by atoms with Crippen molar-refractivity contribution in [2.45, 2.75) is 26.4 Å². The zero-order chi connectivity index (χ0) is 14.4. The Hall–Kier alpha value is -1.88. The second-order valence-corrected chi connectivity index (χ2v) is 4.78. The van der Waals surface area contributed by atoms with E-state index in [1.165, 1.54) is 12.1 Å². The predicted molar refractivity (Wildman–Crippen MR) is 77.0 cm³/mol. The maximum atomic E-state index is 13.1. The molecule has 0 fully saturated rings. The molecule has 0 unspecified atom stereocenters. The predicted octanol–water partition coefficient (Wildman–Crippen LogP) is 2.95. The molecule has 0 atom stereocenters. The van der Waals surface area contributed by atoms with Crippen molar-refractivity contribution in [3.63, 3.8) is 0 Å². The second kappa shape index (κ2) is 7.05. The van der Waals surface area contributed by atoms with E-state index in [9.17, 15) is 4.39 Å². The van der Waals surface area contributed by atoms with Gasteiger partial charge in [0, 0.05) is 20.1 Å². The van der Waals surface area contributed by atoms with Crippen molar-refractivity contribution in [3.8, 4) is 0 Å². The van der Waals surface area contributed by atoms with Crippen molar-refractivity contribution in [2.75, 3.05) is 18.5 Å². The van der Waals surface area contributed by atoms with Gasteiger partial charge in [-0.25, -0.2) is 4.39 Å². The average molecular weight is 277 g/mol. The van der Waals surface area contributed by atoms with Crippen LogP contribution in [0.4, 0.5) is 10.4 Å². The Morgan fingerprint density at radius 3 is 3.00 bits per heavy atom. The second-order valence-electron chi connectivity index (χ2n) is 4.78. The Morgan fingerprint density at radius 1 is 1.40 bits per heavy atom. The van der Waals surface area contributed by atoms with Gasteiger partial charge in [-0.1, -0.05) is 19.1 Å². The molecule has 0 saturated heterocycles. The van der Waals surface area contributed by atoms with Crippen LogP contribution in [0.5, 0.6) is 0 Å². The highest BCUT2D eigenvalue weighted by Gasteiger charge is 2.09. The molecule has 0 saturated carbocycles. The number of oxazole rings is 1. The van der Waals surface area contributed by atoms with E-state index in [2.05, 4.69) is 17.2 Å². The minimum Gasteiger partial charge on any atom is -0.432 e. The van der Waals surface area contributed by atoms with Crippen molar-refractivity contribution in [1.29, 1.82) is 0 Å². The third-order valence-electron chi connectivity index (χ3n) is 2.91. The van der Waals surface area contributed by atoms with E-state index in [0.717, 1.165) is 24.2 Å². The van der Waals surface area contributed by atoms with Gasteiger partial charge in [-0.05, 0) is 30.7 Å². The number of aromatic nitrogens is 1. The first-order chi connectivity index (χ1) is 9.69. The number of anilines is 1. The quantitative estimate of drug-likeness (QED) is 0.790. The summed E-state index contributed by atoms with van der Waals surface area (Å²) >= 11 is 0. The Morgan fingerprint density at radius 2 is 2.25 bits per heavy atom. The molecule has 0 radical (unpaired) electrons. The first kappa shape index (κ1) is 14.5. The number of benzene rings is 1. The van der Waals surface area contributed by atoms with Crippen LogP contribution in [-0.4, -0.2) is 18.6 Å². The molecular formula is C15H20FN3O. The largest absolute Gasteiger partial charge is 0.432 e. The summed E-state index contributed by atoms with van der Waals surface area (Å²) < 4.78 is 18.6. The fourth-order valence-corrected chi connectivity index (χ4v) is 1.92. The summed E-state index contributed by atoms with van der Waals surface area (Å²) in [5.41, 5.74) is 1.76. The zero-order valence-electron chi connectivity index (χ0n) is 11.9. The molecule has 5 heteroatoms. The molecule has 1 N–H and O–H groups in total. The first-order valence-corrected chi connectivity index (χ1v) is 6.79. The molecule has 1 heterocycles. The molecule has 1 aromatic carbocycles. The lowest BCUT2D eigenvalue weighted by Crippen LogP contribution is -2.17. The van der Waals surface area contributed by atoms with Gasteiger partial charge in [0.2, 0.25) is 0 Å². The van der Waals surface area contributed by atoms with Gasteiger partial charge in [0.25, 0.3) is 6.01 Å². The fraction of sp³-hybridized carbons (Fsp3) is 0.400. The average Bonchev–Trinajstić information content (AvgIpc) is 2.88. The fourth-order valence-electron chi connectivity index (χ4n) is 1.92. The molecule has 0 spiro atoms. The van der Waals surface area contributed by atoms with Crippen LogP contribution in [-0.2, 0) is 13.1 Å². The lowest BCUT2D eigenvalue weighted by atomic mass is 10.2. The summed E-state index contributed by atoms with van der Waals surface area (Å²) in [4.78, 5) is 6.26. The van der Waals surface area contributed by atoms with Crippen LogP contribution in [0.2, 0.25) is 0 Å². The summed E-state index contributed by atoms with van der Waals surface area (Å²) in [6.45, 7) is 4.33. The van der Waals surface area contributed by atoms with Gasteiger partial charge in [-0.15, -0.1) is 0 Å². The van der Waals surface area contributed by atoms with Gasteiger partial charge in [0.15, 0.2) is 0 Å². The molecule has 0 amide bonds. The Balaban J connectivity index is 1.93. The molecule has 2 rings (SSSR count). The SMILES string of the molecule is CCCNCc1coc(N(C)Cc2cccc(F)c2)n1. The third-order valence-corrected chi connectivity index (χ3v) is 2.91. The lowest BCUT2D eigenvalue weighted by molar-refractivity contribution is 0.542. The van der Waals surface area contributed by atoms with Crippen molar-refractivity contribution in [2.24, 2.45) is 0 Å². The maximum Gasteiger partial charge on any atom is 0.297 e. The van der Waals surface area contributed by atoms with Crippen molar-refractivity contribution < 1.29 is 8.81 Å². The van der Waals surface area contributed by atoms with Crippen molar-refractivity contribution in [1.82, 2.24) is 10.3 Å². The molecule has 4 nitrogen and oxygen atoms in total. The van der Waals surface area contributed by atoms with Gasteiger partial charge in [-0.3, -0.25) is 0 Å². The minimum atomic E-state index is -0.229. The van der Waals surface area contributed by atoms with Gasteiger partial charge < -0.3 is 14.6 Å². The van der Waals surface area contributed by atoms with Crippen molar-refractivity contribution in [3.05, 3.63) is 47.6 Å². The summed E-state index contributed by atoms with van der Waals surface area (Å²) in [7, 11) is 1.87. The Kier molecular flexibility index (Phi) is 5.12. The number of hydrogen-bond donors (Lipinski definition) is 1. The van der Waals surface area contributed by atoms with E-state index >= 15 is 0 Å². The van der Waals surface area contributed by atoms with E-state index in [-0.39, 0.29) is 5.82 Å². The Bertz CT molecular complexity index is 541. The molecule has 0 aliphatic heterocycles. The molecule has 2 aromatic rings. The smallest absolute Gasteiger partial charge is 0.297 e. The monoisotopic (exact) mass is 277 g/mol. The van der Waals surface area contributed by atoms with Crippen LogP contribution in [0.3, 0.4) is 0 Å². The summed E-state index contributed by atoms with van der Waals surface area (Å²) in [5.74, 6) is -0.229. The maximum absolute atomic E-state index is 13.1. The van der Waals surface area contributed by atoms with Crippen LogP contribution in [0.15, 0.2) is 34.9 Å². The number of hydrogen-bond acceptors (Lipinski definition) is 4. The molecule has 108 valence electrons. The Labute approximate surface area is 118 Å². The standard InChI is InChI=1S/C15H20FN3O/c1-3-7-17-9-14-11-20-15(18-14)19(2)10-12-5-4-6-13(16)8-12/h4-6,8,11,17H,3,7,9-10H2,1-2H3. The van der Waals surface area contributed by atoms with E-state index < -0.39 is 0 Å². The molecule has 1 aromatic heterocycles. The van der Waals surface area contributed by atoms with Crippen LogP contribution in [0.25, 0.3) is 0 Å². The highest BCUT2D eigenvalue weighted by molar-refractivity contribution is 5.29.